The number of rotatable bonds is 14. The van der Waals surface area contributed by atoms with Gasteiger partial charge in [0, 0.05) is 11.6 Å². The third-order valence-electron chi connectivity index (χ3n) is 7.35. The minimum atomic E-state index is -0.905. The molecular formula is C36H32F3NO3. The van der Waals surface area contributed by atoms with Crippen LogP contribution in [-0.4, -0.2) is 12.3 Å². The lowest BCUT2D eigenvalue weighted by molar-refractivity contribution is 0.0729. The van der Waals surface area contributed by atoms with Crippen molar-refractivity contribution >= 4 is 12.3 Å². The van der Waals surface area contributed by atoms with Crippen LogP contribution < -0.4 is 4.74 Å². The van der Waals surface area contributed by atoms with Gasteiger partial charge in [0.25, 0.3) is 0 Å². The molecule has 4 nitrogen and oxygen atoms in total. The van der Waals surface area contributed by atoms with E-state index in [1.807, 2.05) is 6.07 Å². The van der Waals surface area contributed by atoms with Gasteiger partial charge in [-0.05, 0) is 90.9 Å². The highest BCUT2D eigenvalue weighted by molar-refractivity contribution is 5.91. The zero-order chi connectivity index (χ0) is 30.6. The second-order valence-electron chi connectivity index (χ2n) is 10.5. The second kappa shape index (κ2) is 15.5. The molecule has 0 unspecified atom stereocenters. The first-order valence-corrected chi connectivity index (χ1v) is 14.4. The highest BCUT2D eigenvalue weighted by Gasteiger charge is 2.16. The van der Waals surface area contributed by atoms with Crippen LogP contribution in [0.1, 0.15) is 82.4 Å². The van der Waals surface area contributed by atoms with E-state index in [1.54, 1.807) is 36.4 Å². The number of nitrogens with zero attached hydrogens (tertiary/aromatic N) is 1. The van der Waals surface area contributed by atoms with E-state index in [9.17, 15) is 22.8 Å². The number of benzene rings is 4. The van der Waals surface area contributed by atoms with Crippen LogP contribution in [0.4, 0.5) is 13.2 Å². The smallest absolute Gasteiger partial charge is 0.346 e. The minimum Gasteiger partial charge on any atom is -0.423 e. The zero-order valence-corrected chi connectivity index (χ0v) is 23.8. The fourth-order valence-corrected chi connectivity index (χ4v) is 4.92. The van der Waals surface area contributed by atoms with Crippen molar-refractivity contribution in [1.29, 1.82) is 5.26 Å². The predicted octanol–water partition coefficient (Wildman–Crippen LogP) is 9.19. The molecule has 0 N–H and O–H groups in total. The average Bonchev–Trinajstić information content (AvgIpc) is 3.00. The molecule has 7 heteroatoms. The molecule has 0 saturated heterocycles. The van der Waals surface area contributed by atoms with Crippen LogP contribution in [0.2, 0.25) is 0 Å². The van der Waals surface area contributed by atoms with Gasteiger partial charge in [0.2, 0.25) is 0 Å². The monoisotopic (exact) mass is 583 g/mol. The molecule has 0 aliphatic carbocycles. The number of esters is 1. The van der Waals surface area contributed by atoms with E-state index in [4.69, 9.17) is 10.00 Å². The molecule has 4 rings (SSSR count). The predicted molar refractivity (Wildman–Crippen MR) is 159 cm³/mol. The van der Waals surface area contributed by atoms with Crippen LogP contribution in [0.25, 0.3) is 11.1 Å². The van der Waals surface area contributed by atoms with Crippen molar-refractivity contribution in [2.75, 3.05) is 0 Å². The van der Waals surface area contributed by atoms with E-state index in [1.165, 1.54) is 36.4 Å². The van der Waals surface area contributed by atoms with E-state index in [-0.39, 0.29) is 22.4 Å². The number of halogens is 3. The molecule has 0 saturated carbocycles. The summed E-state index contributed by atoms with van der Waals surface area (Å²) in [6.45, 7) is 0. The highest BCUT2D eigenvalue weighted by atomic mass is 19.1. The van der Waals surface area contributed by atoms with E-state index in [0.29, 0.717) is 23.8 Å². The standard InChI is InChI=1S/C36H32F3NO3/c37-33-20-25(10-16-29(33)24-41)8-6-4-2-1-3-5-7-9-26-13-18-32(34(38)21-26)36(42)43-30-17-19-31(35(39)22-30)28-14-11-27(23-40)12-15-28/h10-22,24H,1-9H2. The van der Waals surface area contributed by atoms with E-state index >= 15 is 0 Å². The Bertz CT molecular complexity index is 1610. The molecule has 0 atom stereocenters. The first-order chi connectivity index (χ1) is 20.9. The Labute approximate surface area is 249 Å². The van der Waals surface area contributed by atoms with Gasteiger partial charge in [-0.1, -0.05) is 56.4 Å². The Kier molecular flexibility index (Phi) is 11.3. The SMILES string of the molecule is N#Cc1ccc(-c2ccc(OC(=O)c3ccc(CCCCCCCCCc4ccc(C=O)c(F)c4)cc3F)cc2F)cc1. The van der Waals surface area contributed by atoms with Crippen LogP contribution in [0.5, 0.6) is 5.75 Å². The fraction of sp³-hybridized carbons (Fsp3) is 0.250. The van der Waals surface area contributed by atoms with Gasteiger partial charge < -0.3 is 4.74 Å². The van der Waals surface area contributed by atoms with Gasteiger partial charge in [0.05, 0.1) is 22.8 Å². The number of carbonyl (C=O) groups is 2. The Balaban J connectivity index is 1.16. The Hall–Kier alpha value is -4.70. The lowest BCUT2D eigenvalue weighted by atomic mass is 10.0. The molecule has 0 aromatic heterocycles. The Morgan fingerprint density at radius 3 is 1.86 bits per heavy atom. The maximum absolute atomic E-state index is 14.7. The van der Waals surface area contributed by atoms with Crippen LogP contribution in [-0.2, 0) is 12.8 Å². The molecule has 43 heavy (non-hydrogen) atoms. The quantitative estimate of drug-likeness (QED) is 0.0642. The van der Waals surface area contributed by atoms with Crippen molar-refractivity contribution < 1.29 is 27.5 Å². The number of hydrogen-bond donors (Lipinski definition) is 0. The van der Waals surface area contributed by atoms with Gasteiger partial charge in [0.15, 0.2) is 6.29 Å². The number of carbonyl (C=O) groups excluding carboxylic acids is 2. The summed E-state index contributed by atoms with van der Waals surface area (Å²) in [5.74, 6) is -2.70. The van der Waals surface area contributed by atoms with Crippen LogP contribution in [0.3, 0.4) is 0 Å². The molecule has 0 amide bonds. The lowest BCUT2D eigenvalue weighted by Gasteiger charge is -2.09. The maximum atomic E-state index is 14.7. The molecule has 4 aromatic rings. The van der Waals surface area contributed by atoms with Gasteiger partial charge in [0.1, 0.15) is 23.2 Å². The summed E-state index contributed by atoms with van der Waals surface area (Å²) in [5, 5.41) is 8.92. The van der Waals surface area contributed by atoms with E-state index in [0.717, 1.165) is 68.6 Å². The van der Waals surface area contributed by atoms with E-state index in [2.05, 4.69) is 0 Å². The molecule has 0 heterocycles. The second-order valence-corrected chi connectivity index (χ2v) is 10.5. The fourth-order valence-electron chi connectivity index (χ4n) is 4.92. The van der Waals surface area contributed by atoms with Gasteiger partial charge in [-0.25, -0.2) is 18.0 Å². The summed E-state index contributed by atoms with van der Waals surface area (Å²) in [6.07, 6.45) is 9.16. The third kappa shape index (κ3) is 8.89. The summed E-state index contributed by atoms with van der Waals surface area (Å²) < 4.78 is 48.3. The van der Waals surface area contributed by atoms with Crippen LogP contribution >= 0.6 is 0 Å². The minimum absolute atomic E-state index is 0.0366. The molecule has 0 aliphatic rings. The number of unbranched alkanes of at least 4 members (excludes halogenated alkanes) is 6. The highest BCUT2D eigenvalue weighted by Crippen LogP contribution is 2.27. The lowest BCUT2D eigenvalue weighted by Crippen LogP contribution is -2.11. The summed E-state index contributed by atoms with van der Waals surface area (Å²) in [6, 6.07) is 21.6. The molecule has 0 aliphatic heterocycles. The summed E-state index contributed by atoms with van der Waals surface area (Å²) >= 11 is 0. The molecule has 0 spiro atoms. The number of nitriles is 1. The first-order valence-electron chi connectivity index (χ1n) is 14.4. The van der Waals surface area contributed by atoms with Crippen molar-refractivity contribution in [2.45, 2.75) is 57.8 Å². The van der Waals surface area contributed by atoms with Gasteiger partial charge in [-0.15, -0.1) is 0 Å². The molecular weight excluding hydrogens is 551 g/mol. The molecule has 0 radical (unpaired) electrons. The van der Waals surface area contributed by atoms with Crippen molar-refractivity contribution in [1.82, 2.24) is 0 Å². The van der Waals surface area contributed by atoms with E-state index < -0.39 is 23.4 Å². The Morgan fingerprint density at radius 2 is 1.30 bits per heavy atom. The first kappa shape index (κ1) is 31.2. The zero-order valence-electron chi connectivity index (χ0n) is 23.8. The Morgan fingerprint density at radius 1 is 0.698 bits per heavy atom. The number of hydrogen-bond acceptors (Lipinski definition) is 4. The van der Waals surface area contributed by atoms with Gasteiger partial charge in [-0.2, -0.15) is 5.26 Å². The third-order valence-corrected chi connectivity index (χ3v) is 7.35. The molecule has 0 bridgehead atoms. The molecule has 4 aromatic carbocycles. The normalized spacial score (nSPS) is 10.7. The number of aldehydes is 1. The summed E-state index contributed by atoms with van der Waals surface area (Å²) in [5.41, 5.74) is 2.88. The van der Waals surface area contributed by atoms with Crippen molar-refractivity contribution in [3.63, 3.8) is 0 Å². The van der Waals surface area contributed by atoms with Gasteiger partial charge in [-0.3, -0.25) is 4.79 Å². The molecule has 0 fully saturated rings. The van der Waals surface area contributed by atoms with Crippen molar-refractivity contribution in [3.05, 3.63) is 124 Å². The molecule has 220 valence electrons. The van der Waals surface area contributed by atoms with Crippen molar-refractivity contribution in [2.24, 2.45) is 0 Å². The largest absolute Gasteiger partial charge is 0.423 e. The number of ether oxygens (including phenoxy) is 1. The average molecular weight is 584 g/mol. The van der Waals surface area contributed by atoms with Crippen LogP contribution in [0, 0.1) is 28.8 Å². The summed E-state index contributed by atoms with van der Waals surface area (Å²) in [7, 11) is 0. The van der Waals surface area contributed by atoms with Gasteiger partial charge >= 0.3 is 5.97 Å². The number of aryl methyl sites for hydroxylation is 2. The summed E-state index contributed by atoms with van der Waals surface area (Å²) in [4.78, 5) is 23.3. The topological polar surface area (TPSA) is 67.2 Å². The maximum Gasteiger partial charge on any atom is 0.346 e. The van der Waals surface area contributed by atoms with Crippen LogP contribution in [0.15, 0.2) is 78.9 Å². The van der Waals surface area contributed by atoms with Crippen molar-refractivity contribution in [3.8, 4) is 22.9 Å².